The predicted octanol–water partition coefficient (Wildman–Crippen LogP) is 3.82. The van der Waals surface area contributed by atoms with Gasteiger partial charge < -0.3 is 10.0 Å². The van der Waals surface area contributed by atoms with Crippen LogP contribution in [0.1, 0.15) is 31.7 Å². The third-order valence-electron chi connectivity index (χ3n) is 3.55. The lowest BCUT2D eigenvalue weighted by Gasteiger charge is -2.27. The van der Waals surface area contributed by atoms with Gasteiger partial charge in [-0.25, -0.2) is 4.79 Å². The summed E-state index contributed by atoms with van der Waals surface area (Å²) >= 11 is 6.01. The van der Waals surface area contributed by atoms with E-state index >= 15 is 0 Å². The fraction of sp³-hybridized carbons (Fsp3) is 0.400. The first-order valence-electron chi connectivity index (χ1n) is 6.59. The molecule has 1 heterocycles. The van der Waals surface area contributed by atoms with Crippen molar-refractivity contribution in [2.24, 2.45) is 0 Å². The molecule has 1 saturated heterocycles. The largest absolute Gasteiger partial charge is 0.478 e. The van der Waals surface area contributed by atoms with Crippen molar-refractivity contribution in [2.45, 2.75) is 32.2 Å². The van der Waals surface area contributed by atoms with Crippen molar-refractivity contribution in [2.75, 3.05) is 11.4 Å². The first kappa shape index (κ1) is 13.9. The molecule has 102 valence electrons. The molecular weight excluding hydrogens is 262 g/mol. The van der Waals surface area contributed by atoms with Crippen LogP contribution in [0.4, 0.5) is 5.69 Å². The van der Waals surface area contributed by atoms with Crippen LogP contribution < -0.4 is 4.90 Å². The van der Waals surface area contributed by atoms with Crippen molar-refractivity contribution >= 4 is 29.3 Å². The Morgan fingerprint density at radius 1 is 1.58 bits per heavy atom. The van der Waals surface area contributed by atoms with Gasteiger partial charge in [0.1, 0.15) is 0 Å². The maximum absolute atomic E-state index is 10.7. The van der Waals surface area contributed by atoms with E-state index in [9.17, 15) is 4.79 Å². The number of benzene rings is 1. The topological polar surface area (TPSA) is 40.5 Å². The Labute approximate surface area is 118 Å². The normalized spacial score (nSPS) is 19.3. The summed E-state index contributed by atoms with van der Waals surface area (Å²) < 4.78 is 0. The molecule has 0 spiro atoms. The minimum atomic E-state index is -0.945. The van der Waals surface area contributed by atoms with Crippen molar-refractivity contribution in [1.82, 2.24) is 0 Å². The van der Waals surface area contributed by atoms with Gasteiger partial charge in [0.2, 0.25) is 0 Å². The number of aliphatic carboxylic acids is 1. The molecule has 1 atom stereocenters. The molecule has 0 radical (unpaired) electrons. The fourth-order valence-corrected chi connectivity index (χ4v) is 2.84. The highest BCUT2D eigenvalue weighted by Crippen LogP contribution is 2.32. The van der Waals surface area contributed by atoms with E-state index < -0.39 is 5.97 Å². The second-order valence-corrected chi connectivity index (χ2v) is 5.21. The molecule has 1 aromatic rings. The fourth-order valence-electron chi connectivity index (χ4n) is 2.66. The predicted molar refractivity (Wildman–Crippen MR) is 78.8 cm³/mol. The van der Waals surface area contributed by atoms with Crippen molar-refractivity contribution < 1.29 is 9.90 Å². The lowest BCUT2D eigenvalue weighted by molar-refractivity contribution is -0.131. The number of hydrogen-bond acceptors (Lipinski definition) is 2. The van der Waals surface area contributed by atoms with Crippen LogP contribution in [0.2, 0.25) is 5.02 Å². The molecule has 1 aromatic carbocycles. The number of carboxylic acid groups (broad SMARTS) is 1. The van der Waals surface area contributed by atoms with Crippen molar-refractivity contribution in [3.05, 3.63) is 34.9 Å². The lowest BCUT2D eigenvalue weighted by Crippen LogP contribution is -2.28. The molecule has 0 saturated carbocycles. The summed E-state index contributed by atoms with van der Waals surface area (Å²) in [6.07, 6.45) is 6.26. The Bertz CT molecular complexity index is 499. The van der Waals surface area contributed by atoms with Gasteiger partial charge in [-0.05, 0) is 49.1 Å². The van der Waals surface area contributed by atoms with Crippen molar-refractivity contribution in [3.63, 3.8) is 0 Å². The summed E-state index contributed by atoms with van der Waals surface area (Å²) in [6, 6.07) is 6.21. The number of hydrogen-bond donors (Lipinski definition) is 1. The molecule has 1 aliphatic rings. The Kier molecular flexibility index (Phi) is 4.48. The summed E-state index contributed by atoms with van der Waals surface area (Å²) in [5.74, 6) is -0.945. The molecule has 2 rings (SSSR count). The zero-order chi connectivity index (χ0) is 13.8. The SMILES string of the molecule is CCC1CCCN1c1ccc(Cl)cc1/C=C/C(=O)O. The van der Waals surface area contributed by atoms with Gasteiger partial charge in [0.25, 0.3) is 0 Å². The van der Waals surface area contributed by atoms with Crippen molar-refractivity contribution in [1.29, 1.82) is 0 Å². The Balaban J connectivity index is 2.36. The minimum absolute atomic E-state index is 0.540. The van der Waals surface area contributed by atoms with Gasteiger partial charge in [-0.15, -0.1) is 0 Å². The van der Waals surface area contributed by atoms with Gasteiger partial charge in [0.15, 0.2) is 0 Å². The van der Waals surface area contributed by atoms with Gasteiger partial charge in [0, 0.05) is 29.4 Å². The molecule has 1 N–H and O–H groups in total. The number of halogens is 1. The summed E-state index contributed by atoms with van der Waals surface area (Å²) in [7, 11) is 0. The molecule has 0 aliphatic carbocycles. The van der Waals surface area contributed by atoms with Crippen molar-refractivity contribution in [3.8, 4) is 0 Å². The molecule has 1 fully saturated rings. The minimum Gasteiger partial charge on any atom is -0.478 e. The lowest BCUT2D eigenvalue weighted by atomic mass is 10.1. The number of anilines is 1. The van der Waals surface area contributed by atoms with Crippen LogP contribution in [0.3, 0.4) is 0 Å². The second kappa shape index (κ2) is 6.11. The Morgan fingerprint density at radius 2 is 2.37 bits per heavy atom. The quantitative estimate of drug-likeness (QED) is 0.852. The van der Waals surface area contributed by atoms with Gasteiger partial charge in [-0.1, -0.05) is 18.5 Å². The van der Waals surface area contributed by atoms with Gasteiger partial charge in [-0.3, -0.25) is 0 Å². The van der Waals surface area contributed by atoms with Crippen LogP contribution in [0.25, 0.3) is 6.08 Å². The van der Waals surface area contributed by atoms with Crippen LogP contribution in [-0.2, 0) is 4.79 Å². The van der Waals surface area contributed by atoms with Crippen LogP contribution >= 0.6 is 11.6 Å². The highest BCUT2D eigenvalue weighted by Gasteiger charge is 2.24. The average molecular weight is 280 g/mol. The van der Waals surface area contributed by atoms with E-state index in [0.29, 0.717) is 11.1 Å². The van der Waals surface area contributed by atoms with Crippen LogP contribution in [0.5, 0.6) is 0 Å². The van der Waals surface area contributed by atoms with Crippen LogP contribution in [0.15, 0.2) is 24.3 Å². The number of rotatable bonds is 4. The monoisotopic (exact) mass is 279 g/mol. The molecule has 1 aliphatic heterocycles. The van der Waals surface area contributed by atoms with E-state index in [1.165, 1.54) is 12.8 Å². The summed E-state index contributed by atoms with van der Waals surface area (Å²) in [5.41, 5.74) is 1.95. The number of carbonyl (C=O) groups is 1. The molecule has 19 heavy (non-hydrogen) atoms. The number of carboxylic acids is 1. The summed E-state index contributed by atoms with van der Waals surface area (Å²) in [5, 5.41) is 9.39. The molecule has 4 heteroatoms. The first-order valence-corrected chi connectivity index (χ1v) is 6.97. The van der Waals surface area contributed by atoms with Gasteiger partial charge >= 0.3 is 5.97 Å². The zero-order valence-corrected chi connectivity index (χ0v) is 11.7. The van der Waals surface area contributed by atoms with Crippen LogP contribution in [-0.4, -0.2) is 23.7 Å². The molecule has 3 nitrogen and oxygen atoms in total. The van der Waals surface area contributed by atoms with E-state index in [0.717, 1.165) is 30.3 Å². The third-order valence-corrected chi connectivity index (χ3v) is 3.79. The van der Waals surface area contributed by atoms with E-state index in [1.54, 1.807) is 6.08 Å². The van der Waals surface area contributed by atoms with E-state index in [2.05, 4.69) is 11.8 Å². The smallest absolute Gasteiger partial charge is 0.328 e. The van der Waals surface area contributed by atoms with Crippen LogP contribution in [0, 0.1) is 0 Å². The highest BCUT2D eigenvalue weighted by atomic mass is 35.5. The maximum Gasteiger partial charge on any atom is 0.328 e. The Morgan fingerprint density at radius 3 is 3.05 bits per heavy atom. The van der Waals surface area contributed by atoms with E-state index in [1.807, 2.05) is 18.2 Å². The summed E-state index contributed by atoms with van der Waals surface area (Å²) in [6.45, 7) is 3.21. The van der Waals surface area contributed by atoms with Gasteiger partial charge in [0.05, 0.1) is 0 Å². The maximum atomic E-state index is 10.7. The average Bonchev–Trinajstić information content (AvgIpc) is 2.84. The molecule has 0 aromatic heterocycles. The molecule has 0 bridgehead atoms. The standard InChI is InChI=1S/C15H18ClNO2/c1-2-13-4-3-9-17(13)14-7-6-12(16)10-11(14)5-8-15(18)19/h5-8,10,13H,2-4,9H2,1H3,(H,18,19)/b8-5+. The zero-order valence-electron chi connectivity index (χ0n) is 11.0. The molecule has 1 unspecified atom stereocenters. The summed E-state index contributed by atoms with van der Waals surface area (Å²) in [4.78, 5) is 13.0. The molecular formula is C15H18ClNO2. The highest BCUT2D eigenvalue weighted by molar-refractivity contribution is 6.30. The number of nitrogens with zero attached hydrogens (tertiary/aromatic N) is 1. The Hall–Kier alpha value is -1.48. The molecule has 0 amide bonds. The second-order valence-electron chi connectivity index (χ2n) is 4.77. The van der Waals surface area contributed by atoms with E-state index in [4.69, 9.17) is 16.7 Å². The van der Waals surface area contributed by atoms with Gasteiger partial charge in [-0.2, -0.15) is 0 Å². The first-order chi connectivity index (χ1) is 9.11. The third kappa shape index (κ3) is 3.29. The van der Waals surface area contributed by atoms with E-state index in [-0.39, 0.29) is 0 Å².